The fourth-order valence-corrected chi connectivity index (χ4v) is 2.86. The van der Waals surface area contributed by atoms with E-state index in [-0.39, 0.29) is 5.41 Å². The minimum Gasteiger partial charge on any atom is -0.469 e. The summed E-state index contributed by atoms with van der Waals surface area (Å²) in [5, 5.41) is 3.65. The van der Waals surface area contributed by atoms with E-state index in [4.69, 9.17) is 4.42 Å². The van der Waals surface area contributed by atoms with E-state index < -0.39 is 0 Å². The molecule has 1 unspecified atom stereocenters. The summed E-state index contributed by atoms with van der Waals surface area (Å²) < 4.78 is 5.61. The van der Waals surface area contributed by atoms with Crippen LogP contribution in [0.15, 0.2) is 53.1 Å². The Morgan fingerprint density at radius 3 is 2.43 bits per heavy atom. The monoisotopic (exact) mass is 285 g/mol. The lowest BCUT2D eigenvalue weighted by molar-refractivity contribution is 0.339. The van der Waals surface area contributed by atoms with E-state index in [9.17, 15) is 0 Å². The Bertz CT molecular complexity index is 504. The largest absolute Gasteiger partial charge is 0.469 e. The highest BCUT2D eigenvalue weighted by atomic mass is 16.3. The van der Waals surface area contributed by atoms with Crippen LogP contribution in [0.5, 0.6) is 0 Å². The van der Waals surface area contributed by atoms with Crippen LogP contribution in [0.25, 0.3) is 0 Å². The maximum atomic E-state index is 5.61. The molecule has 0 aliphatic carbocycles. The maximum Gasteiger partial charge on any atom is 0.104 e. The van der Waals surface area contributed by atoms with Crippen molar-refractivity contribution in [2.24, 2.45) is 5.92 Å². The van der Waals surface area contributed by atoms with Crippen molar-refractivity contribution in [2.45, 2.75) is 39.0 Å². The lowest BCUT2D eigenvalue weighted by atomic mass is 9.74. The van der Waals surface area contributed by atoms with Crippen LogP contribution in [0, 0.1) is 5.92 Å². The average Bonchev–Trinajstić information content (AvgIpc) is 2.99. The predicted molar refractivity (Wildman–Crippen MR) is 88.5 cm³/mol. The molecule has 2 heteroatoms. The molecule has 1 N–H and O–H groups in total. The molecule has 1 atom stereocenters. The van der Waals surface area contributed by atoms with Gasteiger partial charge in [0.1, 0.15) is 5.76 Å². The number of hydrogen-bond acceptors (Lipinski definition) is 2. The molecule has 0 spiro atoms. The number of rotatable bonds is 8. The van der Waals surface area contributed by atoms with Gasteiger partial charge in [-0.15, -0.1) is 0 Å². The average molecular weight is 285 g/mol. The van der Waals surface area contributed by atoms with Gasteiger partial charge in [-0.3, -0.25) is 0 Å². The standard InChI is InChI=1S/C19H27NO/c1-4-19(15-20-14-16(2)3,13-18-11-8-12-21-18)17-9-6-5-7-10-17/h5-12,16,20H,4,13-15H2,1-3H3. The number of benzene rings is 1. The summed E-state index contributed by atoms with van der Waals surface area (Å²) >= 11 is 0. The van der Waals surface area contributed by atoms with Crippen LogP contribution < -0.4 is 5.32 Å². The van der Waals surface area contributed by atoms with Crippen LogP contribution in [0.3, 0.4) is 0 Å². The number of nitrogens with one attached hydrogen (secondary N) is 1. The summed E-state index contributed by atoms with van der Waals surface area (Å²) in [5.41, 5.74) is 1.48. The normalized spacial score (nSPS) is 14.3. The molecule has 0 fully saturated rings. The van der Waals surface area contributed by atoms with Crippen LogP contribution in [-0.2, 0) is 11.8 Å². The molecule has 114 valence electrons. The van der Waals surface area contributed by atoms with E-state index in [2.05, 4.69) is 62.5 Å². The quantitative estimate of drug-likeness (QED) is 0.777. The van der Waals surface area contributed by atoms with Gasteiger partial charge in [-0.05, 0) is 36.6 Å². The Morgan fingerprint density at radius 2 is 1.86 bits per heavy atom. The summed E-state index contributed by atoms with van der Waals surface area (Å²) in [7, 11) is 0. The highest BCUT2D eigenvalue weighted by molar-refractivity contribution is 5.28. The molecule has 0 amide bonds. The van der Waals surface area contributed by atoms with E-state index in [1.165, 1.54) is 5.56 Å². The summed E-state index contributed by atoms with van der Waals surface area (Å²) in [6, 6.07) is 14.9. The summed E-state index contributed by atoms with van der Waals surface area (Å²) in [6.07, 6.45) is 3.79. The van der Waals surface area contributed by atoms with E-state index >= 15 is 0 Å². The third kappa shape index (κ3) is 4.21. The predicted octanol–water partition coefficient (Wildman–Crippen LogP) is 4.42. The highest BCUT2D eigenvalue weighted by Gasteiger charge is 2.31. The Balaban J connectivity index is 2.22. The Kier molecular flexibility index (Phi) is 5.63. The van der Waals surface area contributed by atoms with Crippen molar-refractivity contribution in [1.82, 2.24) is 5.32 Å². The minimum absolute atomic E-state index is 0.0913. The fourth-order valence-electron chi connectivity index (χ4n) is 2.86. The smallest absolute Gasteiger partial charge is 0.104 e. The van der Waals surface area contributed by atoms with Crippen LogP contribution in [0.1, 0.15) is 38.5 Å². The van der Waals surface area contributed by atoms with Crippen molar-refractivity contribution in [3.63, 3.8) is 0 Å². The van der Waals surface area contributed by atoms with Gasteiger partial charge in [-0.2, -0.15) is 0 Å². The first kappa shape index (κ1) is 15.8. The Hall–Kier alpha value is -1.54. The zero-order valence-corrected chi connectivity index (χ0v) is 13.4. The first-order valence-electron chi connectivity index (χ1n) is 7.95. The molecular weight excluding hydrogens is 258 g/mol. The second-order valence-corrected chi connectivity index (χ2v) is 6.28. The third-order valence-corrected chi connectivity index (χ3v) is 4.17. The molecule has 1 aromatic heterocycles. The highest BCUT2D eigenvalue weighted by Crippen LogP contribution is 2.31. The van der Waals surface area contributed by atoms with Gasteiger partial charge in [-0.25, -0.2) is 0 Å². The van der Waals surface area contributed by atoms with Crippen molar-refractivity contribution >= 4 is 0 Å². The molecule has 0 aliphatic heterocycles. The van der Waals surface area contributed by atoms with Gasteiger partial charge in [-0.1, -0.05) is 51.1 Å². The third-order valence-electron chi connectivity index (χ3n) is 4.17. The maximum absolute atomic E-state index is 5.61. The SMILES string of the molecule is CCC(CNCC(C)C)(Cc1ccco1)c1ccccc1. The molecule has 0 saturated carbocycles. The topological polar surface area (TPSA) is 25.2 Å². The molecule has 2 rings (SSSR count). The lowest BCUT2D eigenvalue weighted by Crippen LogP contribution is -2.40. The van der Waals surface area contributed by atoms with Crippen LogP contribution in [0.2, 0.25) is 0 Å². The molecule has 0 radical (unpaired) electrons. The molecule has 0 saturated heterocycles. The second kappa shape index (κ2) is 7.46. The molecule has 0 aliphatic rings. The zero-order valence-electron chi connectivity index (χ0n) is 13.4. The van der Waals surface area contributed by atoms with Gasteiger partial charge in [0.2, 0.25) is 0 Å². The van der Waals surface area contributed by atoms with E-state index in [0.29, 0.717) is 5.92 Å². The first-order chi connectivity index (χ1) is 10.2. The van der Waals surface area contributed by atoms with Gasteiger partial charge in [0.05, 0.1) is 6.26 Å². The summed E-state index contributed by atoms with van der Waals surface area (Å²) in [5.74, 6) is 1.73. The van der Waals surface area contributed by atoms with E-state index in [1.54, 1.807) is 6.26 Å². The molecular formula is C19H27NO. The Labute approximate surface area is 128 Å². The van der Waals surface area contributed by atoms with Crippen molar-refractivity contribution in [2.75, 3.05) is 13.1 Å². The van der Waals surface area contributed by atoms with E-state index in [1.807, 2.05) is 6.07 Å². The van der Waals surface area contributed by atoms with Gasteiger partial charge in [0.25, 0.3) is 0 Å². The van der Waals surface area contributed by atoms with Gasteiger partial charge < -0.3 is 9.73 Å². The zero-order chi connectivity index (χ0) is 15.1. The van der Waals surface area contributed by atoms with Crippen molar-refractivity contribution in [3.05, 3.63) is 60.1 Å². The van der Waals surface area contributed by atoms with Gasteiger partial charge >= 0.3 is 0 Å². The van der Waals surface area contributed by atoms with Gasteiger partial charge in [0.15, 0.2) is 0 Å². The van der Waals surface area contributed by atoms with E-state index in [0.717, 1.165) is 31.7 Å². The first-order valence-corrected chi connectivity index (χ1v) is 7.95. The summed E-state index contributed by atoms with van der Waals surface area (Å²) in [6.45, 7) is 8.79. The minimum atomic E-state index is 0.0913. The molecule has 21 heavy (non-hydrogen) atoms. The van der Waals surface area contributed by atoms with Crippen molar-refractivity contribution in [1.29, 1.82) is 0 Å². The lowest BCUT2D eigenvalue weighted by Gasteiger charge is -2.33. The fraction of sp³-hybridized carbons (Fsp3) is 0.474. The molecule has 2 aromatic rings. The van der Waals surface area contributed by atoms with Crippen LogP contribution in [-0.4, -0.2) is 13.1 Å². The molecule has 2 nitrogen and oxygen atoms in total. The number of hydrogen-bond donors (Lipinski definition) is 1. The molecule has 1 heterocycles. The van der Waals surface area contributed by atoms with Crippen molar-refractivity contribution < 1.29 is 4.42 Å². The molecule has 0 bridgehead atoms. The van der Waals surface area contributed by atoms with Crippen molar-refractivity contribution in [3.8, 4) is 0 Å². The summed E-state index contributed by atoms with van der Waals surface area (Å²) in [4.78, 5) is 0. The Morgan fingerprint density at radius 1 is 1.10 bits per heavy atom. The van der Waals surface area contributed by atoms with Crippen LogP contribution >= 0.6 is 0 Å². The molecule has 1 aromatic carbocycles. The number of furan rings is 1. The van der Waals surface area contributed by atoms with Crippen LogP contribution in [0.4, 0.5) is 0 Å². The second-order valence-electron chi connectivity index (χ2n) is 6.28. The van der Waals surface area contributed by atoms with Gasteiger partial charge in [0, 0.05) is 18.4 Å².